The zero-order valence-corrected chi connectivity index (χ0v) is 16.5. The van der Waals surface area contributed by atoms with Crippen LogP contribution in [0.3, 0.4) is 0 Å². The van der Waals surface area contributed by atoms with Crippen molar-refractivity contribution in [2.24, 2.45) is 11.8 Å². The SMILES string of the molecule is O=C1[C@@H]2C3c4ccccc4C(c4ccccc43)[C@@H]2C(=O)N1c1ccc(Br)cc1. The molecule has 1 fully saturated rings. The Labute approximate surface area is 171 Å². The number of nitrogens with zero attached hydrogens (tertiary/aromatic N) is 1. The molecule has 3 aromatic rings. The third kappa shape index (κ3) is 1.93. The van der Waals surface area contributed by atoms with Gasteiger partial charge in [-0.3, -0.25) is 9.59 Å². The van der Waals surface area contributed by atoms with Crippen molar-refractivity contribution in [3.8, 4) is 0 Å². The highest BCUT2D eigenvalue weighted by Crippen LogP contribution is 2.61. The molecular formula is C24H16BrNO2. The lowest BCUT2D eigenvalue weighted by molar-refractivity contribution is -0.122. The minimum atomic E-state index is -0.328. The zero-order valence-electron chi connectivity index (χ0n) is 14.9. The maximum absolute atomic E-state index is 13.5. The van der Waals surface area contributed by atoms with E-state index in [1.807, 2.05) is 48.5 Å². The topological polar surface area (TPSA) is 37.4 Å². The third-order valence-electron chi connectivity index (χ3n) is 6.53. The first kappa shape index (κ1) is 16.3. The second-order valence-electron chi connectivity index (χ2n) is 7.75. The van der Waals surface area contributed by atoms with Crippen LogP contribution in [0.1, 0.15) is 34.1 Å². The van der Waals surface area contributed by atoms with Gasteiger partial charge in [0.15, 0.2) is 0 Å². The van der Waals surface area contributed by atoms with Crippen molar-refractivity contribution in [2.45, 2.75) is 11.8 Å². The van der Waals surface area contributed by atoms with Gasteiger partial charge in [0.05, 0.1) is 17.5 Å². The Kier molecular flexibility index (Phi) is 3.28. The third-order valence-corrected chi connectivity index (χ3v) is 7.06. The quantitative estimate of drug-likeness (QED) is 0.518. The van der Waals surface area contributed by atoms with Gasteiger partial charge in [-0.1, -0.05) is 64.5 Å². The van der Waals surface area contributed by atoms with Crippen LogP contribution < -0.4 is 4.90 Å². The van der Waals surface area contributed by atoms with Crippen molar-refractivity contribution in [3.63, 3.8) is 0 Å². The number of rotatable bonds is 1. The summed E-state index contributed by atoms with van der Waals surface area (Å²) in [4.78, 5) is 28.5. The first-order valence-electron chi connectivity index (χ1n) is 9.48. The second kappa shape index (κ2) is 5.65. The van der Waals surface area contributed by atoms with E-state index in [0.29, 0.717) is 5.69 Å². The Bertz CT molecular complexity index is 1040. The molecule has 0 spiro atoms. The van der Waals surface area contributed by atoms with Crippen molar-refractivity contribution in [1.29, 1.82) is 0 Å². The highest BCUT2D eigenvalue weighted by molar-refractivity contribution is 9.10. The first-order chi connectivity index (χ1) is 13.7. The van der Waals surface area contributed by atoms with Crippen molar-refractivity contribution in [3.05, 3.63) is 99.5 Å². The van der Waals surface area contributed by atoms with E-state index in [1.54, 1.807) is 0 Å². The molecule has 3 aromatic carbocycles. The summed E-state index contributed by atoms with van der Waals surface area (Å²) in [5.74, 6) is -0.914. The molecule has 1 saturated heterocycles. The van der Waals surface area contributed by atoms with Crippen molar-refractivity contribution < 1.29 is 9.59 Å². The molecule has 0 unspecified atom stereocenters. The number of anilines is 1. The minimum Gasteiger partial charge on any atom is -0.274 e. The van der Waals surface area contributed by atoms with Crippen LogP contribution in [0.4, 0.5) is 5.69 Å². The molecular weight excluding hydrogens is 414 g/mol. The molecule has 4 heteroatoms. The van der Waals surface area contributed by atoms with Crippen LogP contribution in [0.5, 0.6) is 0 Å². The Morgan fingerprint density at radius 1 is 0.607 bits per heavy atom. The summed E-state index contributed by atoms with van der Waals surface area (Å²) in [6, 6.07) is 24.0. The highest BCUT2D eigenvalue weighted by Gasteiger charge is 2.61. The lowest BCUT2D eigenvalue weighted by atomic mass is 9.55. The fraction of sp³-hybridized carbons (Fsp3) is 0.167. The Hall–Kier alpha value is -2.72. The minimum absolute atomic E-state index is 0.0562. The van der Waals surface area contributed by atoms with Gasteiger partial charge in [-0.05, 0) is 46.5 Å². The molecule has 1 heterocycles. The van der Waals surface area contributed by atoms with Gasteiger partial charge in [-0.25, -0.2) is 4.90 Å². The number of hydrogen-bond donors (Lipinski definition) is 0. The van der Waals surface area contributed by atoms with Gasteiger partial charge in [0.25, 0.3) is 0 Å². The highest BCUT2D eigenvalue weighted by atomic mass is 79.9. The maximum atomic E-state index is 13.5. The van der Waals surface area contributed by atoms with E-state index in [0.717, 1.165) is 4.47 Å². The molecule has 136 valence electrons. The molecule has 0 saturated carbocycles. The Morgan fingerprint density at radius 2 is 1.00 bits per heavy atom. The van der Waals surface area contributed by atoms with E-state index in [1.165, 1.54) is 27.2 Å². The van der Waals surface area contributed by atoms with Crippen LogP contribution in [-0.2, 0) is 9.59 Å². The number of carbonyl (C=O) groups excluding carboxylic acids is 2. The van der Waals surface area contributed by atoms with Crippen LogP contribution in [0, 0.1) is 11.8 Å². The van der Waals surface area contributed by atoms with E-state index in [9.17, 15) is 9.59 Å². The average molecular weight is 430 g/mol. The molecule has 28 heavy (non-hydrogen) atoms. The number of imide groups is 1. The molecule has 1 aliphatic heterocycles. The van der Waals surface area contributed by atoms with Gasteiger partial charge >= 0.3 is 0 Å². The predicted molar refractivity (Wildman–Crippen MR) is 110 cm³/mol. The number of benzene rings is 3. The summed E-state index contributed by atoms with van der Waals surface area (Å²) >= 11 is 3.43. The number of hydrogen-bond acceptors (Lipinski definition) is 2. The molecule has 0 N–H and O–H groups in total. The molecule has 0 aromatic heterocycles. The summed E-state index contributed by atoms with van der Waals surface area (Å²) in [6.07, 6.45) is 0. The molecule has 2 bridgehead atoms. The van der Waals surface area contributed by atoms with E-state index in [4.69, 9.17) is 0 Å². The predicted octanol–water partition coefficient (Wildman–Crippen LogP) is 4.85. The van der Waals surface area contributed by atoms with Gasteiger partial charge in [0.2, 0.25) is 11.8 Å². The lowest BCUT2D eigenvalue weighted by Crippen LogP contribution is -2.41. The molecule has 7 rings (SSSR count). The number of carbonyl (C=O) groups is 2. The summed E-state index contributed by atoms with van der Waals surface area (Å²) < 4.78 is 0.924. The average Bonchev–Trinajstić information content (AvgIpc) is 3.00. The van der Waals surface area contributed by atoms with Crippen LogP contribution in [0.15, 0.2) is 77.3 Å². The van der Waals surface area contributed by atoms with Gasteiger partial charge in [-0.2, -0.15) is 0 Å². The largest absolute Gasteiger partial charge is 0.274 e. The summed E-state index contributed by atoms with van der Waals surface area (Å²) in [5, 5.41) is 0. The lowest BCUT2D eigenvalue weighted by Gasteiger charge is -2.45. The van der Waals surface area contributed by atoms with Crippen LogP contribution in [0.25, 0.3) is 0 Å². The van der Waals surface area contributed by atoms with Gasteiger partial charge in [-0.15, -0.1) is 0 Å². The molecule has 0 radical (unpaired) electrons. The fourth-order valence-corrected chi connectivity index (χ4v) is 5.79. The summed E-state index contributed by atoms with van der Waals surface area (Å²) in [5.41, 5.74) is 5.45. The molecule has 2 amide bonds. The van der Waals surface area contributed by atoms with E-state index < -0.39 is 0 Å². The normalized spacial score (nSPS) is 26.8. The standard InChI is InChI=1S/C24H16BrNO2/c25-13-9-11-14(12-10-13)26-23(27)21-19-15-5-1-2-6-16(15)20(22(21)24(26)28)18-8-4-3-7-17(18)19/h1-12,19-22H/t19?,20?,21-,22+. The molecule has 3 nitrogen and oxygen atoms in total. The maximum Gasteiger partial charge on any atom is 0.238 e. The second-order valence-corrected chi connectivity index (χ2v) is 8.67. The zero-order chi connectivity index (χ0) is 19.0. The monoisotopic (exact) mass is 429 g/mol. The van der Waals surface area contributed by atoms with Crippen molar-refractivity contribution in [2.75, 3.05) is 4.90 Å². The van der Waals surface area contributed by atoms with Crippen LogP contribution in [-0.4, -0.2) is 11.8 Å². The Balaban J connectivity index is 1.57. The van der Waals surface area contributed by atoms with E-state index in [-0.39, 0.29) is 35.5 Å². The summed E-state index contributed by atoms with van der Waals surface area (Å²) in [6.45, 7) is 0. The molecule has 2 atom stereocenters. The Morgan fingerprint density at radius 3 is 1.39 bits per heavy atom. The van der Waals surface area contributed by atoms with E-state index >= 15 is 0 Å². The molecule has 3 aliphatic carbocycles. The van der Waals surface area contributed by atoms with Gasteiger partial charge in [0.1, 0.15) is 0 Å². The van der Waals surface area contributed by atoms with Gasteiger partial charge < -0.3 is 0 Å². The number of halogens is 1. The number of amides is 2. The fourth-order valence-electron chi connectivity index (χ4n) is 5.52. The first-order valence-corrected chi connectivity index (χ1v) is 10.3. The van der Waals surface area contributed by atoms with Gasteiger partial charge in [0, 0.05) is 16.3 Å². The van der Waals surface area contributed by atoms with E-state index in [2.05, 4.69) is 40.2 Å². The van der Waals surface area contributed by atoms with Crippen molar-refractivity contribution >= 4 is 33.4 Å². The smallest absolute Gasteiger partial charge is 0.238 e. The van der Waals surface area contributed by atoms with Crippen LogP contribution >= 0.6 is 15.9 Å². The van der Waals surface area contributed by atoms with Crippen LogP contribution in [0.2, 0.25) is 0 Å². The summed E-state index contributed by atoms with van der Waals surface area (Å²) in [7, 11) is 0. The van der Waals surface area contributed by atoms with Crippen molar-refractivity contribution in [1.82, 2.24) is 0 Å². The molecule has 4 aliphatic rings.